The quantitative estimate of drug-likeness (QED) is 0.628. The summed E-state index contributed by atoms with van der Waals surface area (Å²) < 4.78 is 1.63. The minimum atomic E-state index is -0.441. The number of hydrogen-bond acceptors (Lipinski definition) is 3. The van der Waals surface area contributed by atoms with Crippen molar-refractivity contribution in [3.05, 3.63) is 45.6 Å². The second kappa shape index (κ2) is 5.25. The Hall–Kier alpha value is -1.88. The lowest BCUT2D eigenvalue weighted by Crippen LogP contribution is -2.06. The highest BCUT2D eigenvalue weighted by molar-refractivity contribution is 6.32. The Labute approximate surface area is 121 Å². The average molecular weight is 292 g/mol. The first-order valence-electron chi connectivity index (χ1n) is 6.66. The van der Waals surface area contributed by atoms with Crippen LogP contribution in [0.3, 0.4) is 0 Å². The van der Waals surface area contributed by atoms with Crippen molar-refractivity contribution in [3.8, 4) is 11.3 Å². The smallest absolute Gasteiger partial charge is 0.258 e. The van der Waals surface area contributed by atoms with Crippen molar-refractivity contribution < 1.29 is 4.92 Å². The lowest BCUT2D eigenvalue weighted by atomic mass is 10.1. The molecule has 1 aromatic heterocycles. The van der Waals surface area contributed by atoms with Crippen molar-refractivity contribution in [1.29, 1.82) is 0 Å². The Morgan fingerprint density at radius 1 is 1.25 bits per heavy atom. The minimum absolute atomic E-state index is 0.0928. The highest BCUT2D eigenvalue weighted by atomic mass is 35.5. The van der Waals surface area contributed by atoms with Crippen molar-refractivity contribution in [3.63, 3.8) is 0 Å². The molecule has 0 saturated heterocycles. The molecule has 1 heterocycles. The molecule has 104 valence electrons. The van der Waals surface area contributed by atoms with E-state index in [4.69, 9.17) is 11.6 Å². The van der Waals surface area contributed by atoms with E-state index in [1.165, 1.54) is 0 Å². The van der Waals surface area contributed by atoms with Gasteiger partial charge in [-0.3, -0.25) is 10.1 Å². The fraction of sp³-hybridized carbons (Fsp3) is 0.357. The maximum absolute atomic E-state index is 11.3. The number of nitro groups is 1. The SMILES string of the molecule is O=[N+]([O-])c1c(-c2ccccc2)nn(C2CCCC2)c1Cl. The first kappa shape index (κ1) is 13.1. The number of halogens is 1. The van der Waals surface area contributed by atoms with Gasteiger partial charge in [-0.05, 0) is 12.8 Å². The summed E-state index contributed by atoms with van der Waals surface area (Å²) in [7, 11) is 0. The zero-order chi connectivity index (χ0) is 14.1. The van der Waals surface area contributed by atoms with Gasteiger partial charge in [0.2, 0.25) is 5.15 Å². The summed E-state index contributed by atoms with van der Waals surface area (Å²) in [5, 5.41) is 15.9. The van der Waals surface area contributed by atoms with Crippen LogP contribution in [0.15, 0.2) is 30.3 Å². The predicted molar refractivity (Wildman–Crippen MR) is 76.8 cm³/mol. The van der Waals surface area contributed by atoms with Crippen LogP contribution in [0, 0.1) is 10.1 Å². The minimum Gasteiger partial charge on any atom is -0.258 e. The van der Waals surface area contributed by atoms with E-state index in [-0.39, 0.29) is 16.9 Å². The van der Waals surface area contributed by atoms with E-state index >= 15 is 0 Å². The average Bonchev–Trinajstić information content (AvgIpc) is 3.06. The van der Waals surface area contributed by atoms with Gasteiger partial charge in [0.15, 0.2) is 5.69 Å². The van der Waals surface area contributed by atoms with Crippen LogP contribution in [0.2, 0.25) is 5.15 Å². The lowest BCUT2D eigenvalue weighted by Gasteiger charge is -2.09. The zero-order valence-corrected chi connectivity index (χ0v) is 11.6. The van der Waals surface area contributed by atoms with Crippen LogP contribution >= 0.6 is 11.6 Å². The highest BCUT2D eigenvalue weighted by Crippen LogP contribution is 2.40. The summed E-state index contributed by atoms with van der Waals surface area (Å²) in [4.78, 5) is 10.9. The third kappa shape index (κ3) is 2.18. The third-order valence-corrected chi connectivity index (χ3v) is 4.08. The molecule has 20 heavy (non-hydrogen) atoms. The standard InChI is InChI=1S/C14H14ClN3O2/c15-14-13(18(19)20)12(10-6-2-1-3-7-10)16-17(14)11-8-4-5-9-11/h1-3,6-7,11H,4-5,8-9H2. The lowest BCUT2D eigenvalue weighted by molar-refractivity contribution is -0.384. The van der Waals surface area contributed by atoms with Gasteiger partial charge in [-0.15, -0.1) is 0 Å². The molecule has 0 bridgehead atoms. The summed E-state index contributed by atoms with van der Waals surface area (Å²) in [5.74, 6) is 0. The van der Waals surface area contributed by atoms with Crippen molar-refractivity contribution >= 4 is 17.3 Å². The Morgan fingerprint density at radius 3 is 2.50 bits per heavy atom. The molecular formula is C14H14ClN3O2. The maximum Gasteiger partial charge on any atom is 0.333 e. The molecular weight excluding hydrogens is 278 g/mol. The predicted octanol–water partition coefficient (Wildman–Crippen LogP) is 4.23. The third-order valence-electron chi connectivity index (χ3n) is 3.73. The van der Waals surface area contributed by atoms with E-state index in [2.05, 4.69) is 5.10 Å². The van der Waals surface area contributed by atoms with Gasteiger partial charge in [0, 0.05) is 5.56 Å². The van der Waals surface area contributed by atoms with Crippen LogP contribution in [-0.2, 0) is 0 Å². The molecule has 5 nitrogen and oxygen atoms in total. The van der Waals surface area contributed by atoms with E-state index in [0.29, 0.717) is 5.69 Å². The summed E-state index contributed by atoms with van der Waals surface area (Å²) in [6.45, 7) is 0. The second-order valence-corrected chi connectivity index (χ2v) is 5.35. The molecule has 2 aromatic rings. The Balaban J connectivity index is 2.13. The van der Waals surface area contributed by atoms with Crippen LogP contribution in [0.25, 0.3) is 11.3 Å². The van der Waals surface area contributed by atoms with Crippen molar-refractivity contribution in [1.82, 2.24) is 9.78 Å². The molecule has 6 heteroatoms. The summed E-state index contributed by atoms with van der Waals surface area (Å²) in [6.07, 6.45) is 4.20. The van der Waals surface area contributed by atoms with Crippen LogP contribution in [0.5, 0.6) is 0 Å². The van der Waals surface area contributed by atoms with E-state index in [0.717, 1.165) is 31.2 Å². The van der Waals surface area contributed by atoms with Crippen LogP contribution in [0.4, 0.5) is 5.69 Å². The molecule has 1 aliphatic rings. The van der Waals surface area contributed by atoms with Gasteiger partial charge in [0.25, 0.3) is 0 Å². The van der Waals surface area contributed by atoms with E-state index in [9.17, 15) is 10.1 Å². The summed E-state index contributed by atoms with van der Waals surface area (Å²) >= 11 is 6.21. The Morgan fingerprint density at radius 2 is 1.90 bits per heavy atom. The number of hydrogen-bond donors (Lipinski definition) is 0. The maximum atomic E-state index is 11.3. The molecule has 3 rings (SSSR count). The van der Waals surface area contributed by atoms with Gasteiger partial charge in [-0.25, -0.2) is 4.68 Å². The first-order valence-corrected chi connectivity index (χ1v) is 7.04. The number of benzene rings is 1. The summed E-state index contributed by atoms with van der Waals surface area (Å²) in [5.41, 5.74) is 0.982. The molecule has 0 spiro atoms. The molecule has 1 aromatic carbocycles. The molecule has 0 unspecified atom stereocenters. The first-order chi connectivity index (χ1) is 9.68. The van der Waals surface area contributed by atoms with Gasteiger partial charge in [-0.1, -0.05) is 54.8 Å². The van der Waals surface area contributed by atoms with Crippen LogP contribution < -0.4 is 0 Å². The van der Waals surface area contributed by atoms with E-state index in [1.807, 2.05) is 30.3 Å². The molecule has 1 fully saturated rings. The van der Waals surface area contributed by atoms with Gasteiger partial charge in [0.1, 0.15) is 0 Å². The van der Waals surface area contributed by atoms with Gasteiger partial charge in [-0.2, -0.15) is 5.10 Å². The number of rotatable bonds is 3. The van der Waals surface area contributed by atoms with Crippen molar-refractivity contribution in [2.45, 2.75) is 31.7 Å². The second-order valence-electron chi connectivity index (χ2n) is 4.99. The molecule has 0 amide bonds. The largest absolute Gasteiger partial charge is 0.333 e. The van der Waals surface area contributed by atoms with Crippen LogP contribution in [-0.4, -0.2) is 14.7 Å². The van der Waals surface area contributed by atoms with Gasteiger partial charge in [0.05, 0.1) is 11.0 Å². The highest BCUT2D eigenvalue weighted by Gasteiger charge is 2.31. The topological polar surface area (TPSA) is 61.0 Å². The fourth-order valence-corrected chi connectivity index (χ4v) is 3.08. The molecule has 0 N–H and O–H groups in total. The molecule has 0 atom stereocenters. The van der Waals surface area contributed by atoms with Crippen molar-refractivity contribution in [2.75, 3.05) is 0 Å². The Kier molecular flexibility index (Phi) is 3.44. The van der Waals surface area contributed by atoms with Crippen LogP contribution in [0.1, 0.15) is 31.7 Å². The summed E-state index contributed by atoms with van der Waals surface area (Å²) in [6, 6.07) is 9.34. The monoisotopic (exact) mass is 291 g/mol. The van der Waals surface area contributed by atoms with Gasteiger partial charge >= 0.3 is 5.69 Å². The van der Waals surface area contributed by atoms with E-state index < -0.39 is 4.92 Å². The molecule has 1 saturated carbocycles. The zero-order valence-electron chi connectivity index (χ0n) is 10.8. The molecule has 0 aliphatic heterocycles. The fourth-order valence-electron chi connectivity index (χ4n) is 2.75. The van der Waals surface area contributed by atoms with E-state index in [1.54, 1.807) is 4.68 Å². The van der Waals surface area contributed by atoms with Crippen molar-refractivity contribution in [2.24, 2.45) is 0 Å². The molecule has 0 radical (unpaired) electrons. The van der Waals surface area contributed by atoms with Gasteiger partial charge < -0.3 is 0 Å². The Bertz CT molecular complexity index is 633. The molecule has 1 aliphatic carbocycles. The normalized spacial score (nSPS) is 15.7. The number of aromatic nitrogens is 2. The number of nitrogens with zero attached hydrogens (tertiary/aromatic N) is 3.